The molecule has 5 atom stereocenters. The van der Waals surface area contributed by atoms with Crippen molar-refractivity contribution in [3.05, 3.63) is 35.9 Å². The molecule has 2 fully saturated rings. The Hall–Kier alpha value is -1.48. The maximum atomic E-state index is 10.4. The average molecular weight is 357 g/mol. The number of phenols is 1. The van der Waals surface area contributed by atoms with Gasteiger partial charge in [0.2, 0.25) is 0 Å². The Morgan fingerprint density at radius 1 is 1.19 bits per heavy atom. The van der Waals surface area contributed by atoms with Gasteiger partial charge in [0.25, 0.3) is 0 Å². The first-order valence-electron chi connectivity index (χ1n) is 9.98. The molecule has 26 heavy (non-hydrogen) atoms. The number of rotatable bonds is 1. The van der Waals surface area contributed by atoms with Crippen LogP contribution in [0.4, 0.5) is 0 Å². The smallest absolute Gasteiger partial charge is 0.167 e. The zero-order valence-electron chi connectivity index (χ0n) is 16.5. The zero-order chi connectivity index (χ0) is 18.7. The van der Waals surface area contributed by atoms with E-state index in [9.17, 15) is 5.11 Å². The summed E-state index contributed by atoms with van der Waals surface area (Å²) in [5.74, 6) is 2.43. The lowest BCUT2D eigenvalue weighted by atomic mass is 9.52. The molecule has 3 heteroatoms. The molecule has 0 unspecified atom stereocenters. The fourth-order valence-corrected chi connectivity index (χ4v) is 5.94. The van der Waals surface area contributed by atoms with Crippen LogP contribution in [0, 0.1) is 23.2 Å². The van der Waals surface area contributed by atoms with Crippen LogP contribution in [-0.4, -0.2) is 17.8 Å². The van der Waals surface area contributed by atoms with E-state index >= 15 is 0 Å². The van der Waals surface area contributed by atoms with Crippen LogP contribution in [0.1, 0.15) is 64.5 Å². The number of methoxy groups -OCH3 is 1. The third-order valence-corrected chi connectivity index (χ3v) is 7.56. The minimum absolute atomic E-state index is 0.0487. The summed E-state index contributed by atoms with van der Waals surface area (Å²) in [6.07, 6.45) is 5.40. The molecule has 2 saturated carbocycles. The number of ether oxygens (including phenoxy) is 2. The van der Waals surface area contributed by atoms with Crippen LogP contribution in [0.15, 0.2) is 30.4 Å². The molecule has 0 aromatic heterocycles. The average Bonchev–Trinajstić information content (AvgIpc) is 2.62. The number of benzene rings is 1. The van der Waals surface area contributed by atoms with Crippen molar-refractivity contribution in [2.75, 3.05) is 7.11 Å². The molecule has 4 rings (SSSR count). The molecule has 0 saturated heterocycles. The highest BCUT2D eigenvalue weighted by Crippen LogP contribution is 2.60. The minimum Gasteiger partial charge on any atom is -0.504 e. The van der Waals surface area contributed by atoms with Crippen molar-refractivity contribution in [2.24, 2.45) is 23.2 Å². The summed E-state index contributed by atoms with van der Waals surface area (Å²) in [6, 6.07) is 5.61. The van der Waals surface area contributed by atoms with Gasteiger partial charge in [-0.25, -0.2) is 0 Å². The summed E-state index contributed by atoms with van der Waals surface area (Å²) in [5, 5.41) is 10.4. The Labute approximate surface area is 157 Å². The Morgan fingerprint density at radius 3 is 2.65 bits per heavy atom. The molecule has 142 valence electrons. The molecule has 0 bridgehead atoms. The molecule has 1 aliphatic heterocycles. The fraction of sp³-hybridized carbons (Fsp3) is 0.652. The van der Waals surface area contributed by atoms with Crippen LogP contribution >= 0.6 is 0 Å². The van der Waals surface area contributed by atoms with Crippen molar-refractivity contribution in [1.82, 2.24) is 0 Å². The van der Waals surface area contributed by atoms with Gasteiger partial charge in [-0.2, -0.15) is 0 Å². The lowest BCUT2D eigenvalue weighted by Crippen LogP contribution is -2.49. The van der Waals surface area contributed by atoms with Crippen LogP contribution in [0.25, 0.3) is 0 Å². The van der Waals surface area contributed by atoms with Crippen molar-refractivity contribution < 1.29 is 14.6 Å². The van der Waals surface area contributed by atoms with Gasteiger partial charge in [0, 0.05) is 18.6 Å². The fourth-order valence-electron chi connectivity index (χ4n) is 5.94. The highest BCUT2D eigenvalue weighted by atomic mass is 16.5. The summed E-state index contributed by atoms with van der Waals surface area (Å²) < 4.78 is 12.5. The molecule has 0 spiro atoms. The van der Waals surface area contributed by atoms with Crippen LogP contribution in [0.5, 0.6) is 11.5 Å². The third kappa shape index (κ3) is 2.58. The normalized spacial score (nSPS) is 38.4. The van der Waals surface area contributed by atoms with Crippen molar-refractivity contribution in [1.29, 1.82) is 0 Å². The van der Waals surface area contributed by atoms with Gasteiger partial charge < -0.3 is 14.6 Å². The number of para-hydroxylation sites is 1. The zero-order valence-corrected chi connectivity index (χ0v) is 16.5. The van der Waals surface area contributed by atoms with E-state index in [1.807, 2.05) is 12.1 Å². The number of fused-ring (bicyclic) bond motifs is 3. The number of phenolic OH excluding ortho intramolecular Hbond substituents is 1. The van der Waals surface area contributed by atoms with Gasteiger partial charge in [0.15, 0.2) is 11.5 Å². The standard InChI is InChI=1S/C23H32O3/c1-14-9-10-18-20(25-5)15-7-6-8-19(24)21(15)26-23(18,4)12-11-17-16(14)13-22(17,2)3/h6-8,16-18,20,24H,1,9-13H2,2-5H3/t16-,17-,18+,20-,23-/m1/s1. The Bertz CT molecular complexity index is 722. The minimum atomic E-state index is -0.326. The molecule has 0 radical (unpaired) electrons. The predicted octanol–water partition coefficient (Wildman–Crippen LogP) is 5.64. The van der Waals surface area contributed by atoms with Crippen molar-refractivity contribution in [2.45, 2.75) is 64.6 Å². The molecule has 1 aromatic rings. The number of hydrogen-bond acceptors (Lipinski definition) is 3. The molecule has 1 aromatic carbocycles. The van der Waals surface area contributed by atoms with E-state index in [1.165, 1.54) is 12.0 Å². The monoisotopic (exact) mass is 356 g/mol. The highest BCUT2D eigenvalue weighted by molar-refractivity contribution is 5.49. The second-order valence-corrected chi connectivity index (χ2v) is 9.51. The molecule has 1 heterocycles. The lowest BCUT2D eigenvalue weighted by Gasteiger charge is -2.53. The first-order valence-corrected chi connectivity index (χ1v) is 9.98. The molecule has 2 aliphatic carbocycles. The Morgan fingerprint density at radius 2 is 1.96 bits per heavy atom. The SMILES string of the molecule is C=C1CC[C@H]2[C@H](OC)c3cccc(O)c3O[C@]2(C)CC[C@@H]2[C@@H]1CC2(C)C. The van der Waals surface area contributed by atoms with Gasteiger partial charge >= 0.3 is 0 Å². The maximum absolute atomic E-state index is 10.4. The molecular formula is C23H32O3. The van der Waals surface area contributed by atoms with Gasteiger partial charge in [0.1, 0.15) is 5.60 Å². The van der Waals surface area contributed by atoms with Gasteiger partial charge in [-0.15, -0.1) is 0 Å². The van der Waals surface area contributed by atoms with E-state index < -0.39 is 0 Å². The van der Waals surface area contributed by atoms with Gasteiger partial charge in [-0.05, 0) is 62.3 Å². The second-order valence-electron chi connectivity index (χ2n) is 9.51. The van der Waals surface area contributed by atoms with Gasteiger partial charge in [-0.1, -0.05) is 38.1 Å². The van der Waals surface area contributed by atoms with Crippen molar-refractivity contribution in [3.63, 3.8) is 0 Å². The lowest BCUT2D eigenvalue weighted by molar-refractivity contribution is -0.0952. The first-order chi connectivity index (χ1) is 12.3. The quantitative estimate of drug-likeness (QED) is 0.662. The van der Waals surface area contributed by atoms with Gasteiger partial charge in [-0.3, -0.25) is 0 Å². The molecule has 1 N–H and O–H groups in total. The second kappa shape index (κ2) is 6.02. The summed E-state index contributed by atoms with van der Waals surface area (Å²) >= 11 is 0. The molecular weight excluding hydrogens is 324 g/mol. The Balaban J connectivity index is 1.73. The number of hydrogen-bond donors (Lipinski definition) is 1. The van der Waals surface area contributed by atoms with E-state index in [-0.39, 0.29) is 23.4 Å². The van der Waals surface area contributed by atoms with E-state index in [1.54, 1.807) is 13.2 Å². The van der Waals surface area contributed by atoms with Crippen molar-refractivity contribution in [3.8, 4) is 11.5 Å². The van der Waals surface area contributed by atoms with E-state index in [2.05, 4.69) is 27.4 Å². The van der Waals surface area contributed by atoms with Crippen LogP contribution in [0.2, 0.25) is 0 Å². The predicted molar refractivity (Wildman–Crippen MR) is 103 cm³/mol. The summed E-state index contributed by atoms with van der Waals surface area (Å²) in [4.78, 5) is 0. The topological polar surface area (TPSA) is 38.7 Å². The first kappa shape index (κ1) is 17.9. The summed E-state index contributed by atoms with van der Waals surface area (Å²) in [5.41, 5.74) is 2.45. The van der Waals surface area contributed by atoms with Crippen LogP contribution in [-0.2, 0) is 4.74 Å². The van der Waals surface area contributed by atoms with E-state index in [0.29, 0.717) is 23.0 Å². The molecule has 0 amide bonds. The van der Waals surface area contributed by atoms with E-state index in [4.69, 9.17) is 9.47 Å². The highest BCUT2D eigenvalue weighted by Gasteiger charge is 2.53. The number of allylic oxidation sites excluding steroid dienone is 1. The summed E-state index contributed by atoms with van der Waals surface area (Å²) in [6.45, 7) is 11.4. The van der Waals surface area contributed by atoms with Crippen LogP contribution < -0.4 is 4.74 Å². The summed E-state index contributed by atoms with van der Waals surface area (Å²) in [7, 11) is 1.78. The largest absolute Gasteiger partial charge is 0.504 e. The van der Waals surface area contributed by atoms with E-state index in [0.717, 1.165) is 31.2 Å². The van der Waals surface area contributed by atoms with Crippen molar-refractivity contribution >= 4 is 0 Å². The van der Waals surface area contributed by atoms with Gasteiger partial charge in [0.05, 0.1) is 6.10 Å². The number of aromatic hydroxyl groups is 1. The third-order valence-electron chi connectivity index (χ3n) is 7.56. The Kier molecular flexibility index (Phi) is 4.15. The molecule has 3 nitrogen and oxygen atoms in total. The molecule has 3 aliphatic rings. The maximum Gasteiger partial charge on any atom is 0.167 e. The van der Waals surface area contributed by atoms with Crippen LogP contribution in [0.3, 0.4) is 0 Å².